The predicted octanol–water partition coefficient (Wildman–Crippen LogP) is -48.6. The van der Waals surface area contributed by atoms with Crippen LogP contribution in [0.25, 0.3) is 0 Å². The Kier molecular flexibility index (Phi) is 3710. The van der Waals surface area contributed by atoms with Gasteiger partial charge in [0.05, 0.1) is 0 Å². The summed E-state index contributed by atoms with van der Waals surface area (Å²) in [5.41, 5.74) is 0. The Morgan fingerprint density at radius 1 is 0.409 bits per heavy atom. The monoisotopic (exact) mass is 906 g/mol. The molecule has 131 valence electrons. The first-order valence-electron chi connectivity index (χ1n) is 0. The van der Waals surface area contributed by atoms with E-state index in [0.717, 1.165) is 0 Å². The van der Waals surface area contributed by atoms with E-state index in [1.165, 1.54) is 0 Å². The number of rotatable bonds is 0. The van der Waals surface area contributed by atoms with Crippen molar-refractivity contribution in [1.82, 2.24) is 0 Å². The number of hydrogen-bond donors (Lipinski definition) is 0. The molecule has 0 aromatic rings. The Morgan fingerprint density at radius 2 is 0.409 bits per heavy atom. The van der Waals surface area contributed by atoms with Crippen LogP contribution in [0.2, 0.25) is 0 Å². The molecular formula is H3Cl14KMgMnMoNaPSeZn. The van der Waals surface area contributed by atoms with Crippen LogP contribution < -0.4 is 255 Å². The van der Waals surface area contributed by atoms with Crippen molar-refractivity contribution in [2.45, 2.75) is 0 Å². The van der Waals surface area contributed by atoms with E-state index in [-0.39, 0.29) is 362 Å². The average Bonchev–Trinajstić information content (AvgIpc) is 0. The van der Waals surface area contributed by atoms with Crippen LogP contribution in [0.5, 0.6) is 0 Å². The average molecular weight is 912 g/mol. The SMILES string of the molecule is P.[Cl-].[Cl-].[Cl-].[Cl-].[Cl-].[Cl-].[Cl-].[Cl-].[Cl-].[Cl-].[Cl-].[Cl-].[Cl-].[Cl-].[K+].[Mg+2].[Mn+2].[Mo+6].[Na+].[Se].[Zn+2]. The van der Waals surface area contributed by atoms with Gasteiger partial charge in [-0.25, -0.2) is 0 Å². The largest absolute Gasteiger partial charge is 6.00 e. The molecule has 0 aromatic heterocycles. The first kappa shape index (κ1) is 300. The fourth-order valence-electron chi connectivity index (χ4n) is 0. The maximum Gasteiger partial charge on any atom is 6.00 e. The van der Waals surface area contributed by atoms with Crippen molar-refractivity contribution < 1.29 is 312 Å². The van der Waals surface area contributed by atoms with Gasteiger partial charge in [-0.05, 0) is 0 Å². The summed E-state index contributed by atoms with van der Waals surface area (Å²) in [6.45, 7) is 0. The van der Waals surface area contributed by atoms with Crippen LogP contribution in [-0.2, 0) is 57.6 Å². The van der Waals surface area contributed by atoms with Crippen LogP contribution >= 0.6 is 9.90 Å². The van der Waals surface area contributed by atoms with Crippen LogP contribution in [0.3, 0.4) is 0 Å². The molecular weight excluding hydrogens is 909 g/mol. The summed E-state index contributed by atoms with van der Waals surface area (Å²) in [4.78, 5) is 0. The van der Waals surface area contributed by atoms with Crippen molar-refractivity contribution in [3.8, 4) is 0 Å². The van der Waals surface area contributed by atoms with E-state index in [0.29, 0.717) is 0 Å². The van der Waals surface area contributed by atoms with E-state index in [1.807, 2.05) is 0 Å². The minimum absolute atomic E-state index is 0. The minimum Gasteiger partial charge on any atom is -1.00 e. The van der Waals surface area contributed by atoms with Gasteiger partial charge >= 0.3 is 162 Å². The second-order valence-corrected chi connectivity index (χ2v) is 0. The summed E-state index contributed by atoms with van der Waals surface area (Å²) >= 11 is 0. The Balaban J connectivity index is 0. The normalized spacial score (nSPS) is 0. The van der Waals surface area contributed by atoms with Crippen LogP contribution in [0.4, 0.5) is 0 Å². The fourth-order valence-corrected chi connectivity index (χ4v) is 0. The van der Waals surface area contributed by atoms with Gasteiger partial charge < -0.3 is 174 Å². The Labute approximate surface area is 353 Å². The molecule has 1 unspecified atom stereocenters. The molecule has 22 heteroatoms. The molecule has 0 aliphatic heterocycles. The van der Waals surface area contributed by atoms with E-state index in [9.17, 15) is 0 Å². The molecule has 0 amide bonds. The first-order valence-corrected chi connectivity index (χ1v) is 0. The quantitative estimate of drug-likeness (QED) is 0.168. The van der Waals surface area contributed by atoms with Crippen molar-refractivity contribution in [3.05, 3.63) is 0 Å². The molecule has 0 saturated carbocycles. The third-order valence-corrected chi connectivity index (χ3v) is 0. The molecule has 0 bridgehead atoms. The molecule has 0 saturated heterocycles. The van der Waals surface area contributed by atoms with Crippen molar-refractivity contribution in [3.63, 3.8) is 0 Å². The van der Waals surface area contributed by atoms with E-state index < -0.39 is 0 Å². The zero-order chi connectivity index (χ0) is 0. The summed E-state index contributed by atoms with van der Waals surface area (Å²) < 4.78 is 0. The molecule has 0 N–H and O–H groups in total. The Morgan fingerprint density at radius 3 is 0.409 bits per heavy atom. The van der Waals surface area contributed by atoms with E-state index in [2.05, 4.69) is 0 Å². The molecule has 0 nitrogen and oxygen atoms in total. The maximum absolute atomic E-state index is 0. The maximum atomic E-state index is 0. The van der Waals surface area contributed by atoms with Crippen molar-refractivity contribution in [2.75, 3.05) is 0 Å². The fraction of sp³-hybridized carbons (Fsp3) is 0. The van der Waals surface area contributed by atoms with Gasteiger partial charge in [-0.1, -0.05) is 0 Å². The van der Waals surface area contributed by atoms with Gasteiger partial charge in [0.15, 0.2) is 0 Å². The van der Waals surface area contributed by atoms with Gasteiger partial charge in [-0.3, -0.25) is 0 Å². The molecule has 0 spiro atoms. The van der Waals surface area contributed by atoms with E-state index >= 15 is 0 Å². The standard InChI is InChI=1S/14ClH.K.Mg.Mn.Mo.Na.H3P.Se.Zn/h14*1H;;;;;;1H3;;/q;;;;;;;;;;;;;;+1;2*+2;+6;+1;;;+2/p-14. The van der Waals surface area contributed by atoms with Crippen LogP contribution in [-0.4, -0.2) is 40.1 Å². The van der Waals surface area contributed by atoms with Crippen molar-refractivity contribution >= 4 is 50.0 Å². The van der Waals surface area contributed by atoms with Gasteiger partial charge in [0.25, 0.3) is 0 Å². The summed E-state index contributed by atoms with van der Waals surface area (Å²) in [5, 5.41) is 0. The van der Waals surface area contributed by atoms with Crippen LogP contribution in [0.1, 0.15) is 0 Å². The van der Waals surface area contributed by atoms with E-state index in [4.69, 9.17) is 0 Å². The summed E-state index contributed by atoms with van der Waals surface area (Å²) in [6.07, 6.45) is 0. The Bertz CT molecular complexity index is 44.8. The summed E-state index contributed by atoms with van der Waals surface area (Å²) in [5.74, 6) is 0. The molecule has 1 atom stereocenters. The second kappa shape index (κ2) is 272. The topological polar surface area (TPSA) is 0 Å². The van der Waals surface area contributed by atoms with E-state index in [1.54, 1.807) is 0 Å². The summed E-state index contributed by atoms with van der Waals surface area (Å²) in [6, 6.07) is 0. The van der Waals surface area contributed by atoms with Crippen LogP contribution in [0.15, 0.2) is 0 Å². The zero-order valence-corrected chi connectivity index (χ0v) is 37.0. The van der Waals surface area contributed by atoms with Gasteiger partial charge in [-0.15, -0.1) is 0 Å². The van der Waals surface area contributed by atoms with Gasteiger partial charge in [0.2, 0.25) is 0 Å². The predicted molar refractivity (Wildman–Crippen MR) is 22.6 cm³/mol. The van der Waals surface area contributed by atoms with Gasteiger partial charge in [0, 0.05) is 17.1 Å². The first-order chi connectivity index (χ1) is 0. The molecule has 0 aliphatic rings. The third kappa shape index (κ3) is 246. The molecule has 0 aliphatic carbocycles. The van der Waals surface area contributed by atoms with Crippen molar-refractivity contribution in [2.24, 2.45) is 0 Å². The number of halogens is 14. The molecule has 22 heavy (non-hydrogen) atoms. The zero-order valence-electron chi connectivity index (χ0n) is 10.6. The van der Waals surface area contributed by atoms with Gasteiger partial charge in [-0.2, -0.15) is 9.90 Å². The third-order valence-electron chi connectivity index (χ3n) is 0. The second-order valence-electron chi connectivity index (χ2n) is 0. The molecule has 3 radical (unpaired) electrons. The van der Waals surface area contributed by atoms with Crippen LogP contribution in [0, 0.1) is 0 Å². The Hall–Kier alpha value is 10.2. The smallest absolute Gasteiger partial charge is 1.00 e. The molecule has 0 fully saturated rings. The molecule has 0 heterocycles. The molecule has 0 rings (SSSR count). The van der Waals surface area contributed by atoms with Crippen molar-refractivity contribution in [1.29, 1.82) is 0 Å². The number of hydrogen-bond acceptors (Lipinski definition) is 0. The van der Waals surface area contributed by atoms with Gasteiger partial charge in [0.1, 0.15) is 0 Å². The molecule has 0 aromatic carbocycles. The summed E-state index contributed by atoms with van der Waals surface area (Å²) in [7, 11) is 0. The minimum atomic E-state index is 0.